The Morgan fingerprint density at radius 1 is 1.40 bits per heavy atom. The van der Waals surface area contributed by atoms with Gasteiger partial charge in [-0.05, 0) is 30.6 Å². The highest BCUT2D eigenvalue weighted by Gasteiger charge is 2.22. The normalized spacial score (nSPS) is 15.6. The van der Waals surface area contributed by atoms with Crippen molar-refractivity contribution in [3.63, 3.8) is 0 Å². The van der Waals surface area contributed by atoms with Gasteiger partial charge in [0.25, 0.3) is 0 Å². The second kappa shape index (κ2) is 8.01. The topological polar surface area (TPSA) is 74.6 Å². The number of likely N-dealkylation sites (N-methyl/N-ethyl adjacent to an activating group) is 1. The highest BCUT2D eigenvalue weighted by Crippen LogP contribution is 2.31. The van der Waals surface area contributed by atoms with Crippen LogP contribution < -0.4 is 14.8 Å². The van der Waals surface area contributed by atoms with Crippen LogP contribution in [0.15, 0.2) is 35.7 Å². The fraction of sp³-hybridized carbons (Fsp3) is 0.333. The largest absolute Gasteiger partial charge is 0.486 e. The summed E-state index contributed by atoms with van der Waals surface area (Å²) >= 11 is 1.35. The Hall–Kier alpha value is -2.56. The number of hydrogen-bond donors (Lipinski definition) is 1. The van der Waals surface area contributed by atoms with E-state index in [-0.39, 0.29) is 12.0 Å². The number of thiophene rings is 1. The second-order valence-corrected chi connectivity index (χ2v) is 6.75. The number of amides is 1. The summed E-state index contributed by atoms with van der Waals surface area (Å²) in [7, 11) is 1.95. The molecule has 0 spiro atoms. The van der Waals surface area contributed by atoms with E-state index >= 15 is 0 Å². The van der Waals surface area contributed by atoms with Crippen molar-refractivity contribution in [1.82, 2.24) is 4.90 Å². The van der Waals surface area contributed by atoms with E-state index in [2.05, 4.69) is 11.4 Å². The second-order valence-electron chi connectivity index (χ2n) is 5.83. The molecule has 0 saturated carbocycles. The number of fused-ring (bicyclic) bond motifs is 1. The summed E-state index contributed by atoms with van der Waals surface area (Å²) in [5, 5.41) is 14.1. The van der Waals surface area contributed by atoms with Crippen LogP contribution in [0, 0.1) is 11.3 Å². The Labute approximate surface area is 150 Å². The fourth-order valence-corrected chi connectivity index (χ4v) is 3.32. The van der Waals surface area contributed by atoms with E-state index in [9.17, 15) is 4.79 Å². The summed E-state index contributed by atoms with van der Waals surface area (Å²) in [6.07, 6.45) is 0.286. The average molecular weight is 357 g/mol. The predicted octanol–water partition coefficient (Wildman–Crippen LogP) is 2.72. The maximum absolute atomic E-state index is 12.0. The molecule has 1 amide bonds. The summed E-state index contributed by atoms with van der Waals surface area (Å²) in [5.41, 5.74) is 0.498. The fourth-order valence-electron chi connectivity index (χ4n) is 2.57. The molecule has 1 aromatic carbocycles. The van der Waals surface area contributed by atoms with Gasteiger partial charge < -0.3 is 19.7 Å². The summed E-state index contributed by atoms with van der Waals surface area (Å²) in [5.74, 6) is 1.42. The quantitative estimate of drug-likeness (QED) is 0.860. The van der Waals surface area contributed by atoms with Gasteiger partial charge in [-0.25, -0.2) is 0 Å². The average Bonchev–Trinajstić information content (AvgIpc) is 3.07. The van der Waals surface area contributed by atoms with Crippen molar-refractivity contribution >= 4 is 22.2 Å². The number of nitriles is 1. The molecule has 1 aliphatic heterocycles. The number of benzene rings is 1. The van der Waals surface area contributed by atoms with Crippen molar-refractivity contribution in [2.24, 2.45) is 0 Å². The lowest BCUT2D eigenvalue weighted by Gasteiger charge is -2.29. The third-order valence-electron chi connectivity index (χ3n) is 3.84. The Morgan fingerprint density at radius 2 is 2.20 bits per heavy atom. The third-order valence-corrected chi connectivity index (χ3v) is 4.67. The van der Waals surface area contributed by atoms with Crippen LogP contribution in [0.3, 0.4) is 0 Å². The number of carbonyl (C=O) groups is 1. The van der Waals surface area contributed by atoms with E-state index in [0.29, 0.717) is 36.7 Å². The SMILES string of the molecule is CN(CCC(=O)Nc1sccc1C#N)C[C@H]1COc2ccccc2O1. The molecule has 2 heterocycles. The molecule has 6 nitrogen and oxygen atoms in total. The van der Waals surface area contributed by atoms with Crippen molar-refractivity contribution in [2.45, 2.75) is 12.5 Å². The molecule has 1 aromatic heterocycles. The van der Waals surface area contributed by atoms with Gasteiger partial charge >= 0.3 is 0 Å². The molecule has 130 valence electrons. The molecule has 0 unspecified atom stereocenters. The molecule has 25 heavy (non-hydrogen) atoms. The zero-order valence-electron chi connectivity index (χ0n) is 13.9. The van der Waals surface area contributed by atoms with Gasteiger partial charge in [0.15, 0.2) is 11.5 Å². The van der Waals surface area contributed by atoms with E-state index in [1.165, 1.54) is 11.3 Å². The first-order valence-corrected chi connectivity index (χ1v) is 8.88. The molecule has 0 aliphatic carbocycles. The van der Waals surface area contributed by atoms with E-state index < -0.39 is 0 Å². The van der Waals surface area contributed by atoms with E-state index in [1.807, 2.05) is 36.2 Å². The summed E-state index contributed by atoms with van der Waals surface area (Å²) < 4.78 is 11.6. The molecule has 3 rings (SSSR count). The van der Waals surface area contributed by atoms with Crippen molar-refractivity contribution < 1.29 is 14.3 Å². The van der Waals surface area contributed by atoms with Crippen molar-refractivity contribution in [2.75, 3.05) is 32.1 Å². The van der Waals surface area contributed by atoms with Crippen molar-refractivity contribution in [1.29, 1.82) is 5.26 Å². The number of ether oxygens (including phenoxy) is 2. The van der Waals surface area contributed by atoms with E-state index in [4.69, 9.17) is 14.7 Å². The minimum atomic E-state index is -0.100. The Balaban J connectivity index is 1.43. The first-order valence-electron chi connectivity index (χ1n) is 8.00. The van der Waals surface area contributed by atoms with Gasteiger partial charge in [-0.1, -0.05) is 12.1 Å². The number of nitrogens with zero attached hydrogens (tertiary/aromatic N) is 2. The van der Waals surface area contributed by atoms with Crippen LogP contribution in [-0.2, 0) is 4.79 Å². The molecule has 0 fully saturated rings. The van der Waals surface area contributed by atoms with Crippen LogP contribution >= 0.6 is 11.3 Å². The minimum Gasteiger partial charge on any atom is -0.486 e. The molecule has 2 aromatic rings. The molecule has 1 N–H and O–H groups in total. The van der Waals surface area contributed by atoms with Crippen LogP contribution in [0.5, 0.6) is 11.5 Å². The zero-order chi connectivity index (χ0) is 17.6. The lowest BCUT2D eigenvalue weighted by Crippen LogP contribution is -2.40. The molecule has 1 aliphatic rings. The molecule has 0 saturated heterocycles. The van der Waals surface area contributed by atoms with Gasteiger partial charge in [0.1, 0.15) is 23.8 Å². The number of anilines is 1. The Morgan fingerprint density at radius 3 is 3.00 bits per heavy atom. The summed E-state index contributed by atoms with van der Waals surface area (Å²) in [4.78, 5) is 14.1. The zero-order valence-corrected chi connectivity index (χ0v) is 14.7. The number of para-hydroxylation sites is 2. The van der Waals surface area contributed by atoms with Gasteiger partial charge in [-0.15, -0.1) is 11.3 Å². The highest BCUT2D eigenvalue weighted by atomic mass is 32.1. The van der Waals surface area contributed by atoms with Gasteiger partial charge in [0.05, 0.1) is 5.56 Å². The predicted molar refractivity (Wildman–Crippen MR) is 96.1 cm³/mol. The lowest BCUT2D eigenvalue weighted by atomic mass is 10.2. The van der Waals surface area contributed by atoms with Gasteiger partial charge in [-0.2, -0.15) is 5.26 Å². The molecular formula is C18H19N3O3S. The number of carbonyl (C=O) groups excluding carboxylic acids is 1. The Bertz CT molecular complexity index is 784. The first kappa shape index (κ1) is 17.3. The molecule has 7 heteroatoms. The number of rotatable bonds is 6. The number of hydrogen-bond acceptors (Lipinski definition) is 6. The summed E-state index contributed by atoms with van der Waals surface area (Å²) in [6.45, 7) is 1.76. The smallest absolute Gasteiger partial charge is 0.226 e. The number of nitrogens with one attached hydrogen (secondary N) is 1. The van der Waals surface area contributed by atoms with Crippen molar-refractivity contribution in [3.05, 3.63) is 41.3 Å². The van der Waals surface area contributed by atoms with E-state index in [0.717, 1.165) is 11.5 Å². The molecule has 0 radical (unpaired) electrons. The van der Waals surface area contributed by atoms with Gasteiger partial charge in [-0.3, -0.25) is 4.79 Å². The van der Waals surface area contributed by atoms with Crippen LogP contribution in [-0.4, -0.2) is 43.7 Å². The molecule has 0 bridgehead atoms. The lowest BCUT2D eigenvalue weighted by molar-refractivity contribution is -0.116. The van der Waals surface area contributed by atoms with Crippen molar-refractivity contribution in [3.8, 4) is 17.6 Å². The third kappa shape index (κ3) is 4.50. The highest BCUT2D eigenvalue weighted by molar-refractivity contribution is 7.14. The maximum Gasteiger partial charge on any atom is 0.226 e. The molecular weight excluding hydrogens is 338 g/mol. The van der Waals surface area contributed by atoms with Crippen LogP contribution in [0.2, 0.25) is 0 Å². The maximum atomic E-state index is 12.0. The molecule has 1 atom stereocenters. The van der Waals surface area contributed by atoms with Gasteiger partial charge in [0.2, 0.25) is 5.91 Å². The van der Waals surface area contributed by atoms with Crippen LogP contribution in [0.25, 0.3) is 0 Å². The minimum absolute atomic E-state index is 0.0644. The summed E-state index contributed by atoms with van der Waals surface area (Å²) in [6, 6.07) is 11.4. The van der Waals surface area contributed by atoms with Crippen LogP contribution in [0.1, 0.15) is 12.0 Å². The standard InChI is InChI=1S/C18H19N3O3S/c1-21(8-6-17(22)20-18-13(10-19)7-9-25-18)11-14-12-23-15-4-2-3-5-16(15)24-14/h2-5,7,9,14H,6,8,11-12H2,1H3,(H,20,22)/t14-/m0/s1. The first-order chi connectivity index (χ1) is 12.2. The van der Waals surface area contributed by atoms with E-state index in [1.54, 1.807) is 11.4 Å². The monoisotopic (exact) mass is 357 g/mol. The van der Waals surface area contributed by atoms with Crippen LogP contribution in [0.4, 0.5) is 5.00 Å². The van der Waals surface area contributed by atoms with Gasteiger partial charge in [0, 0.05) is 19.5 Å². The Kier molecular flexibility index (Phi) is 5.53.